The van der Waals surface area contributed by atoms with Crippen molar-refractivity contribution < 1.29 is 4.74 Å². The summed E-state index contributed by atoms with van der Waals surface area (Å²) >= 11 is 0. The highest BCUT2D eigenvalue weighted by Gasteiger charge is 2.28. The van der Waals surface area contributed by atoms with Crippen molar-refractivity contribution in [2.24, 2.45) is 4.99 Å². The van der Waals surface area contributed by atoms with E-state index >= 15 is 0 Å². The predicted octanol–water partition coefficient (Wildman–Crippen LogP) is 2.19. The molecular formula is C16H33IN4O. The lowest BCUT2D eigenvalue weighted by atomic mass is 10.0. The molecule has 1 fully saturated rings. The Morgan fingerprint density at radius 3 is 2.59 bits per heavy atom. The van der Waals surface area contributed by atoms with Gasteiger partial charge in [-0.2, -0.15) is 0 Å². The Morgan fingerprint density at radius 1 is 1.41 bits per heavy atom. The second-order valence-electron chi connectivity index (χ2n) is 6.17. The van der Waals surface area contributed by atoms with Crippen molar-refractivity contribution in [3.05, 3.63) is 12.7 Å². The second-order valence-corrected chi connectivity index (χ2v) is 6.17. The van der Waals surface area contributed by atoms with Gasteiger partial charge in [0.25, 0.3) is 0 Å². The van der Waals surface area contributed by atoms with Crippen LogP contribution in [0.15, 0.2) is 17.6 Å². The maximum atomic E-state index is 5.43. The number of rotatable bonds is 7. The molecule has 130 valence electrons. The van der Waals surface area contributed by atoms with E-state index in [0.717, 1.165) is 58.2 Å². The second kappa shape index (κ2) is 11.2. The molecule has 6 heteroatoms. The van der Waals surface area contributed by atoms with Gasteiger partial charge in [0.2, 0.25) is 0 Å². The molecule has 5 nitrogen and oxygen atoms in total. The average molecular weight is 424 g/mol. The maximum absolute atomic E-state index is 5.43. The van der Waals surface area contributed by atoms with E-state index in [1.54, 1.807) is 0 Å². The van der Waals surface area contributed by atoms with E-state index in [-0.39, 0.29) is 29.5 Å². The molecule has 1 rings (SSSR count). The molecule has 0 aromatic heterocycles. The van der Waals surface area contributed by atoms with Crippen molar-refractivity contribution >= 4 is 29.9 Å². The summed E-state index contributed by atoms with van der Waals surface area (Å²) in [5, 5.41) is 3.50. The van der Waals surface area contributed by atoms with Crippen LogP contribution in [0.3, 0.4) is 0 Å². The van der Waals surface area contributed by atoms with E-state index in [1.807, 2.05) is 13.1 Å². The molecule has 0 radical (unpaired) electrons. The van der Waals surface area contributed by atoms with E-state index < -0.39 is 0 Å². The summed E-state index contributed by atoms with van der Waals surface area (Å²) in [7, 11) is 3.92. The SMILES string of the molecule is C=CCCCN(C)C(=NC)NCC(C)(C)N1CCOCC1.I. The van der Waals surface area contributed by atoms with Gasteiger partial charge in [0, 0.05) is 45.8 Å². The van der Waals surface area contributed by atoms with Crippen molar-refractivity contribution in [2.45, 2.75) is 32.2 Å². The van der Waals surface area contributed by atoms with Crippen LogP contribution in [0.2, 0.25) is 0 Å². The fourth-order valence-corrected chi connectivity index (χ4v) is 2.54. The number of nitrogens with one attached hydrogen (secondary N) is 1. The average Bonchev–Trinajstić information content (AvgIpc) is 2.49. The minimum atomic E-state index is 0. The smallest absolute Gasteiger partial charge is 0.193 e. The highest BCUT2D eigenvalue weighted by molar-refractivity contribution is 14.0. The Hall–Kier alpha value is -0.340. The lowest BCUT2D eigenvalue weighted by Crippen LogP contribution is -2.56. The third-order valence-corrected chi connectivity index (χ3v) is 4.02. The number of allylic oxidation sites excluding steroid dienone is 1. The zero-order chi connectivity index (χ0) is 15.7. The lowest BCUT2D eigenvalue weighted by Gasteiger charge is -2.41. The Balaban J connectivity index is 0.00000441. The van der Waals surface area contributed by atoms with Gasteiger partial charge in [0.15, 0.2) is 5.96 Å². The normalized spacial score (nSPS) is 16.8. The molecule has 22 heavy (non-hydrogen) atoms. The molecule has 1 saturated heterocycles. The van der Waals surface area contributed by atoms with Crippen LogP contribution in [0, 0.1) is 0 Å². The number of ether oxygens (including phenoxy) is 1. The first-order valence-electron chi connectivity index (χ1n) is 7.86. The van der Waals surface area contributed by atoms with E-state index in [9.17, 15) is 0 Å². The van der Waals surface area contributed by atoms with E-state index in [4.69, 9.17) is 4.74 Å². The minimum Gasteiger partial charge on any atom is -0.379 e. The van der Waals surface area contributed by atoms with Gasteiger partial charge in [0.05, 0.1) is 13.2 Å². The highest BCUT2D eigenvalue weighted by Crippen LogP contribution is 2.15. The van der Waals surface area contributed by atoms with Gasteiger partial charge in [-0.15, -0.1) is 30.6 Å². The lowest BCUT2D eigenvalue weighted by molar-refractivity contribution is -0.00846. The fraction of sp³-hybridized carbons (Fsp3) is 0.812. The number of nitrogens with zero attached hydrogens (tertiary/aromatic N) is 3. The van der Waals surface area contributed by atoms with Crippen LogP contribution in [-0.4, -0.2) is 74.8 Å². The number of unbranched alkanes of at least 4 members (excludes halogenated alkanes) is 1. The van der Waals surface area contributed by atoms with Gasteiger partial charge in [-0.25, -0.2) is 0 Å². The van der Waals surface area contributed by atoms with E-state index in [2.05, 4.69) is 47.6 Å². The molecule has 0 aromatic rings. The van der Waals surface area contributed by atoms with Crippen LogP contribution in [0.4, 0.5) is 0 Å². The molecule has 1 heterocycles. The molecule has 0 saturated carbocycles. The van der Waals surface area contributed by atoms with Crippen LogP contribution < -0.4 is 5.32 Å². The van der Waals surface area contributed by atoms with Gasteiger partial charge in [-0.1, -0.05) is 6.08 Å². The molecular weight excluding hydrogens is 391 g/mol. The summed E-state index contributed by atoms with van der Waals surface area (Å²) in [5.41, 5.74) is 0.0989. The monoisotopic (exact) mass is 424 g/mol. The van der Waals surface area contributed by atoms with Crippen LogP contribution >= 0.6 is 24.0 Å². The van der Waals surface area contributed by atoms with Crippen molar-refractivity contribution in [3.63, 3.8) is 0 Å². The summed E-state index contributed by atoms with van der Waals surface area (Å²) in [6, 6.07) is 0. The Kier molecular flexibility index (Phi) is 11.1. The van der Waals surface area contributed by atoms with Crippen molar-refractivity contribution in [1.29, 1.82) is 0 Å². The zero-order valence-electron chi connectivity index (χ0n) is 14.6. The van der Waals surface area contributed by atoms with Crippen LogP contribution in [0.25, 0.3) is 0 Å². The topological polar surface area (TPSA) is 40.1 Å². The molecule has 0 bridgehead atoms. The Bertz CT molecular complexity index is 341. The van der Waals surface area contributed by atoms with Crippen LogP contribution in [-0.2, 0) is 4.74 Å². The number of morpholine rings is 1. The summed E-state index contributed by atoms with van der Waals surface area (Å²) in [6.45, 7) is 13.9. The molecule has 0 unspecified atom stereocenters. The molecule has 1 N–H and O–H groups in total. The fourth-order valence-electron chi connectivity index (χ4n) is 2.54. The van der Waals surface area contributed by atoms with Gasteiger partial charge in [-0.3, -0.25) is 9.89 Å². The first kappa shape index (κ1) is 21.7. The van der Waals surface area contributed by atoms with Gasteiger partial charge in [-0.05, 0) is 26.7 Å². The highest BCUT2D eigenvalue weighted by atomic mass is 127. The Morgan fingerprint density at radius 2 is 2.05 bits per heavy atom. The van der Waals surface area contributed by atoms with Crippen molar-refractivity contribution in [2.75, 3.05) is 53.5 Å². The first-order valence-corrected chi connectivity index (χ1v) is 7.86. The third kappa shape index (κ3) is 7.28. The quantitative estimate of drug-likeness (QED) is 0.224. The molecule has 0 atom stereocenters. The van der Waals surface area contributed by atoms with Gasteiger partial charge >= 0.3 is 0 Å². The van der Waals surface area contributed by atoms with E-state index in [1.165, 1.54) is 0 Å². The molecule has 0 amide bonds. The van der Waals surface area contributed by atoms with Crippen molar-refractivity contribution in [1.82, 2.24) is 15.1 Å². The molecule has 0 spiro atoms. The standard InChI is InChI=1S/C16H32N4O.HI/c1-6-7-8-9-19(5)15(17-4)18-14-16(2,3)20-10-12-21-13-11-20;/h6H,1,7-14H2,2-5H3,(H,17,18);1H. The van der Waals surface area contributed by atoms with Crippen LogP contribution in [0.5, 0.6) is 0 Å². The third-order valence-electron chi connectivity index (χ3n) is 4.02. The number of guanidine groups is 1. The number of hydrogen-bond donors (Lipinski definition) is 1. The minimum absolute atomic E-state index is 0. The Labute approximate surface area is 153 Å². The molecule has 1 aliphatic rings. The number of halogens is 1. The summed E-state index contributed by atoms with van der Waals surface area (Å²) in [6.07, 6.45) is 4.11. The van der Waals surface area contributed by atoms with Gasteiger partial charge < -0.3 is 15.0 Å². The summed E-state index contributed by atoms with van der Waals surface area (Å²) in [4.78, 5) is 9.04. The van der Waals surface area contributed by atoms with Crippen molar-refractivity contribution in [3.8, 4) is 0 Å². The largest absolute Gasteiger partial charge is 0.379 e. The first-order chi connectivity index (χ1) is 10.0. The molecule has 0 aromatic carbocycles. The molecule has 0 aliphatic carbocycles. The molecule has 1 aliphatic heterocycles. The predicted molar refractivity (Wildman–Crippen MR) is 105 cm³/mol. The summed E-state index contributed by atoms with van der Waals surface area (Å²) in [5.74, 6) is 0.959. The number of hydrogen-bond acceptors (Lipinski definition) is 3. The maximum Gasteiger partial charge on any atom is 0.193 e. The number of aliphatic imine (C=N–C) groups is 1. The van der Waals surface area contributed by atoms with Crippen LogP contribution in [0.1, 0.15) is 26.7 Å². The summed E-state index contributed by atoms with van der Waals surface area (Å²) < 4.78 is 5.43. The van der Waals surface area contributed by atoms with Gasteiger partial charge in [0.1, 0.15) is 0 Å². The zero-order valence-corrected chi connectivity index (χ0v) is 16.9. The van der Waals surface area contributed by atoms with E-state index in [0.29, 0.717) is 0 Å².